The Kier molecular flexibility index (Phi) is 4.38. The van der Waals surface area contributed by atoms with Crippen LogP contribution in [0.1, 0.15) is 11.8 Å². The number of ether oxygens (including phenoxy) is 1. The van der Waals surface area contributed by atoms with Crippen molar-refractivity contribution in [1.82, 2.24) is 0 Å². The van der Waals surface area contributed by atoms with Crippen molar-refractivity contribution in [2.75, 3.05) is 5.32 Å². The monoisotopic (exact) mass is 325 g/mol. The molecule has 2 aromatic rings. The molecule has 0 saturated carbocycles. The number of carbonyl (C=O) groups is 1. The lowest BCUT2D eigenvalue weighted by molar-refractivity contribution is -0.114. The maximum Gasteiger partial charge on any atom is 0.221 e. The molecule has 2 rings (SSSR count). The van der Waals surface area contributed by atoms with Crippen molar-refractivity contribution >= 4 is 38.9 Å². The summed E-state index contributed by atoms with van der Waals surface area (Å²) in [6.07, 6.45) is 0. The zero-order valence-corrected chi connectivity index (χ0v) is 12.2. The quantitative estimate of drug-likeness (QED) is 0.920. The fourth-order valence-corrected chi connectivity index (χ4v) is 2.86. The highest BCUT2D eigenvalue weighted by molar-refractivity contribution is 9.11. The summed E-state index contributed by atoms with van der Waals surface area (Å²) in [7, 11) is 0. The maximum absolute atomic E-state index is 11.1. The molecule has 0 unspecified atom stereocenters. The van der Waals surface area contributed by atoms with Crippen LogP contribution in [0.3, 0.4) is 0 Å². The van der Waals surface area contributed by atoms with Crippen LogP contribution in [0, 0.1) is 0 Å². The van der Waals surface area contributed by atoms with Crippen molar-refractivity contribution in [1.29, 1.82) is 0 Å². The van der Waals surface area contributed by atoms with Gasteiger partial charge in [0.05, 0.1) is 9.47 Å². The molecule has 1 aromatic carbocycles. The fourth-order valence-electron chi connectivity index (χ4n) is 1.46. The van der Waals surface area contributed by atoms with Crippen molar-refractivity contribution < 1.29 is 9.53 Å². The average molecular weight is 326 g/mol. The average Bonchev–Trinajstić information content (AvgIpc) is 2.73. The summed E-state index contributed by atoms with van der Waals surface area (Å²) in [5.41, 5.74) is 0.695. The molecule has 0 aliphatic heterocycles. The number of anilines is 1. The summed E-state index contributed by atoms with van der Waals surface area (Å²) >= 11 is 5.04. The van der Waals surface area contributed by atoms with Gasteiger partial charge >= 0.3 is 0 Å². The number of amides is 1. The molecule has 0 fully saturated rings. The molecule has 1 heterocycles. The molecule has 0 spiro atoms. The van der Waals surface area contributed by atoms with Gasteiger partial charge in [0.15, 0.2) is 0 Å². The molecule has 0 atom stereocenters. The van der Waals surface area contributed by atoms with Crippen molar-refractivity contribution in [2.24, 2.45) is 0 Å². The van der Waals surface area contributed by atoms with Crippen LogP contribution >= 0.6 is 27.3 Å². The van der Waals surface area contributed by atoms with Gasteiger partial charge in [-0.3, -0.25) is 4.79 Å². The summed E-state index contributed by atoms with van der Waals surface area (Å²) in [6, 6.07) is 11.4. The lowest BCUT2D eigenvalue weighted by Crippen LogP contribution is -2.07. The Balaban J connectivity index is 2.06. The molecule has 3 nitrogen and oxygen atoms in total. The van der Waals surface area contributed by atoms with Crippen LogP contribution < -0.4 is 10.1 Å². The van der Waals surface area contributed by atoms with Gasteiger partial charge in [0.1, 0.15) is 12.4 Å². The van der Waals surface area contributed by atoms with Crippen molar-refractivity contribution in [3.05, 3.63) is 45.1 Å². The first-order chi connectivity index (χ1) is 8.65. The first-order valence-corrected chi connectivity index (χ1v) is 7.00. The summed E-state index contributed by atoms with van der Waals surface area (Å²) in [6.45, 7) is 1.97. The highest BCUT2D eigenvalue weighted by Gasteiger charge is 2.05. The van der Waals surface area contributed by atoms with Crippen molar-refractivity contribution in [2.45, 2.75) is 13.5 Å². The Morgan fingerprint density at radius 3 is 2.78 bits per heavy atom. The standard InChI is InChI=1S/C13H12BrNO2S/c1-9(16)15-11-4-2-3-5-12(11)17-8-10-6-7-13(14)18-10/h2-7H,8H2,1H3,(H,15,16). The summed E-state index contributed by atoms with van der Waals surface area (Å²) in [4.78, 5) is 12.2. The summed E-state index contributed by atoms with van der Waals surface area (Å²) < 4.78 is 6.79. The van der Waals surface area contributed by atoms with Crippen LogP contribution in [0.25, 0.3) is 0 Å². The molecule has 18 heavy (non-hydrogen) atoms. The van der Waals surface area contributed by atoms with Gasteiger partial charge in [0.2, 0.25) is 5.91 Å². The third kappa shape index (κ3) is 3.58. The second kappa shape index (κ2) is 6.02. The molecule has 0 radical (unpaired) electrons. The molecule has 0 aliphatic carbocycles. The smallest absolute Gasteiger partial charge is 0.221 e. The normalized spacial score (nSPS) is 10.1. The highest BCUT2D eigenvalue weighted by atomic mass is 79.9. The van der Waals surface area contributed by atoms with Crippen LogP contribution in [0.2, 0.25) is 0 Å². The van der Waals surface area contributed by atoms with Gasteiger partial charge in [-0.1, -0.05) is 12.1 Å². The van der Waals surface area contributed by atoms with E-state index < -0.39 is 0 Å². The van der Waals surface area contributed by atoms with Gasteiger partial charge < -0.3 is 10.1 Å². The number of thiophene rings is 1. The maximum atomic E-state index is 11.1. The van der Waals surface area contributed by atoms with Crippen molar-refractivity contribution in [3.8, 4) is 5.75 Å². The second-order valence-corrected chi connectivity index (χ2v) is 6.22. The molecule has 0 aliphatic rings. The van der Waals surface area contributed by atoms with Gasteiger partial charge in [0, 0.05) is 11.8 Å². The van der Waals surface area contributed by atoms with E-state index in [9.17, 15) is 4.79 Å². The fraction of sp³-hybridized carbons (Fsp3) is 0.154. The Hall–Kier alpha value is -1.33. The minimum Gasteiger partial charge on any atom is -0.486 e. The number of hydrogen-bond acceptors (Lipinski definition) is 3. The largest absolute Gasteiger partial charge is 0.486 e. The Morgan fingerprint density at radius 1 is 1.33 bits per heavy atom. The third-order valence-electron chi connectivity index (χ3n) is 2.20. The number of rotatable bonds is 4. The number of halogens is 1. The molecule has 1 amide bonds. The second-order valence-electron chi connectivity index (χ2n) is 3.67. The van der Waals surface area contributed by atoms with Gasteiger partial charge in [-0.25, -0.2) is 0 Å². The summed E-state index contributed by atoms with van der Waals surface area (Å²) in [5.74, 6) is 0.571. The van der Waals surface area contributed by atoms with Crippen LogP contribution in [0.15, 0.2) is 40.2 Å². The van der Waals surface area contributed by atoms with E-state index in [1.54, 1.807) is 11.3 Å². The lowest BCUT2D eigenvalue weighted by Gasteiger charge is -2.10. The number of nitrogens with one attached hydrogen (secondary N) is 1. The Morgan fingerprint density at radius 2 is 2.11 bits per heavy atom. The number of benzene rings is 1. The highest BCUT2D eigenvalue weighted by Crippen LogP contribution is 2.27. The SMILES string of the molecule is CC(=O)Nc1ccccc1OCc1ccc(Br)s1. The molecule has 0 saturated heterocycles. The molecular formula is C13H12BrNO2S. The van der Waals surface area contributed by atoms with E-state index in [-0.39, 0.29) is 5.91 Å². The van der Waals surface area contributed by atoms with Crippen LogP contribution in [-0.2, 0) is 11.4 Å². The van der Waals surface area contributed by atoms with E-state index in [2.05, 4.69) is 21.2 Å². The number of carbonyl (C=O) groups excluding carboxylic acids is 1. The topological polar surface area (TPSA) is 38.3 Å². The predicted octanol–water partition coefficient (Wildman–Crippen LogP) is 4.05. The molecule has 94 valence electrons. The zero-order valence-electron chi connectivity index (χ0n) is 9.77. The number of hydrogen-bond donors (Lipinski definition) is 1. The minimum atomic E-state index is -0.107. The van der Waals surface area contributed by atoms with E-state index >= 15 is 0 Å². The first kappa shape index (κ1) is 13.1. The van der Waals surface area contributed by atoms with E-state index in [1.165, 1.54) is 6.92 Å². The molecule has 5 heteroatoms. The molecular weight excluding hydrogens is 314 g/mol. The van der Waals surface area contributed by atoms with E-state index in [1.807, 2.05) is 36.4 Å². The lowest BCUT2D eigenvalue weighted by atomic mass is 10.3. The van der Waals surface area contributed by atoms with Crippen LogP contribution in [0.5, 0.6) is 5.75 Å². The first-order valence-electron chi connectivity index (χ1n) is 5.39. The van der Waals surface area contributed by atoms with Gasteiger partial charge in [-0.05, 0) is 40.2 Å². The molecule has 1 N–H and O–H groups in total. The van der Waals surface area contributed by atoms with Gasteiger partial charge in [-0.15, -0.1) is 11.3 Å². The molecule has 0 bridgehead atoms. The van der Waals surface area contributed by atoms with E-state index in [0.717, 1.165) is 8.66 Å². The van der Waals surface area contributed by atoms with Crippen LogP contribution in [0.4, 0.5) is 5.69 Å². The van der Waals surface area contributed by atoms with E-state index in [0.29, 0.717) is 18.0 Å². The third-order valence-corrected chi connectivity index (χ3v) is 3.79. The Labute approximate surface area is 118 Å². The summed E-state index contributed by atoms with van der Waals surface area (Å²) in [5, 5.41) is 2.75. The van der Waals surface area contributed by atoms with Gasteiger partial charge in [-0.2, -0.15) is 0 Å². The number of para-hydroxylation sites is 2. The van der Waals surface area contributed by atoms with Crippen molar-refractivity contribution in [3.63, 3.8) is 0 Å². The predicted molar refractivity (Wildman–Crippen MR) is 77.1 cm³/mol. The Bertz CT molecular complexity index is 553. The zero-order chi connectivity index (χ0) is 13.0. The minimum absolute atomic E-state index is 0.107. The van der Waals surface area contributed by atoms with Gasteiger partial charge in [0.25, 0.3) is 0 Å². The molecule has 1 aromatic heterocycles. The van der Waals surface area contributed by atoms with Crippen LogP contribution in [-0.4, -0.2) is 5.91 Å². The van der Waals surface area contributed by atoms with E-state index in [4.69, 9.17) is 4.74 Å².